The lowest BCUT2D eigenvalue weighted by atomic mass is 10.3. The summed E-state index contributed by atoms with van der Waals surface area (Å²) in [6, 6.07) is 3.91. The Morgan fingerprint density at radius 2 is 1.69 bits per heavy atom. The fourth-order valence-electron chi connectivity index (χ4n) is 1.92. The summed E-state index contributed by atoms with van der Waals surface area (Å²) in [4.78, 5) is 23.4. The van der Waals surface area contributed by atoms with Gasteiger partial charge in [0.1, 0.15) is 6.54 Å². The maximum Gasteiger partial charge on any atom is 0.321 e. The molecule has 26 heavy (non-hydrogen) atoms. The summed E-state index contributed by atoms with van der Waals surface area (Å²) in [7, 11) is -1.17. The number of ether oxygens (including phenoxy) is 3. The molecule has 0 aliphatic rings. The zero-order valence-electron chi connectivity index (χ0n) is 15.4. The molecular weight excluding hydrogens is 364 g/mol. The molecule has 2 N–H and O–H groups in total. The SMILES string of the molecule is COc1ccc(S(=O)(=O)NCC(=O)O[C@H](C)C(=O)NC(C)C)cc1OC. The standard InChI is InChI=1S/C16H24N2O7S/c1-10(2)18-16(20)11(3)25-15(19)9-17-26(21,22)12-6-7-13(23-4)14(8-12)24-5/h6-8,10-11,17H,9H2,1-5H3,(H,18,20)/t11-/m1/s1. The Bertz CT molecular complexity index is 747. The van der Waals surface area contributed by atoms with Gasteiger partial charge in [0.25, 0.3) is 5.91 Å². The number of methoxy groups -OCH3 is 2. The van der Waals surface area contributed by atoms with E-state index in [0.717, 1.165) is 0 Å². The molecule has 0 radical (unpaired) electrons. The predicted octanol–water partition coefficient (Wildman–Crippen LogP) is 0.438. The molecule has 0 heterocycles. The maximum absolute atomic E-state index is 12.3. The molecule has 0 unspecified atom stereocenters. The highest BCUT2D eigenvalue weighted by molar-refractivity contribution is 7.89. The second kappa shape index (κ2) is 9.39. The zero-order valence-corrected chi connectivity index (χ0v) is 16.2. The van der Waals surface area contributed by atoms with Crippen LogP contribution in [0.15, 0.2) is 23.1 Å². The minimum atomic E-state index is -3.97. The zero-order chi connectivity index (χ0) is 19.9. The van der Waals surface area contributed by atoms with E-state index in [9.17, 15) is 18.0 Å². The molecule has 0 aliphatic heterocycles. The van der Waals surface area contributed by atoms with Crippen LogP contribution in [0.25, 0.3) is 0 Å². The van der Waals surface area contributed by atoms with Crippen LogP contribution in [-0.2, 0) is 24.3 Å². The van der Waals surface area contributed by atoms with Crippen molar-refractivity contribution in [3.05, 3.63) is 18.2 Å². The number of nitrogens with one attached hydrogen (secondary N) is 2. The van der Waals surface area contributed by atoms with E-state index in [1.165, 1.54) is 39.3 Å². The summed E-state index contributed by atoms with van der Waals surface area (Å²) in [5.74, 6) is -0.732. The van der Waals surface area contributed by atoms with Gasteiger partial charge in [-0.25, -0.2) is 8.42 Å². The highest BCUT2D eigenvalue weighted by Gasteiger charge is 2.21. The van der Waals surface area contributed by atoms with Gasteiger partial charge in [0, 0.05) is 12.1 Å². The minimum absolute atomic E-state index is 0.103. The monoisotopic (exact) mass is 388 g/mol. The number of esters is 1. The van der Waals surface area contributed by atoms with E-state index in [0.29, 0.717) is 5.75 Å². The Morgan fingerprint density at radius 3 is 2.23 bits per heavy atom. The van der Waals surface area contributed by atoms with E-state index < -0.39 is 34.5 Å². The van der Waals surface area contributed by atoms with Crippen LogP contribution in [0.3, 0.4) is 0 Å². The lowest BCUT2D eigenvalue weighted by molar-refractivity contribution is -0.153. The van der Waals surface area contributed by atoms with E-state index in [2.05, 4.69) is 10.0 Å². The topological polar surface area (TPSA) is 120 Å². The first-order valence-electron chi connectivity index (χ1n) is 7.82. The van der Waals surface area contributed by atoms with Gasteiger partial charge in [0.2, 0.25) is 10.0 Å². The third kappa shape index (κ3) is 6.19. The summed E-state index contributed by atoms with van der Waals surface area (Å²) in [6.45, 7) is 4.32. The summed E-state index contributed by atoms with van der Waals surface area (Å²) in [6.07, 6.45) is -1.03. The van der Waals surface area contributed by atoms with Gasteiger partial charge < -0.3 is 19.5 Å². The van der Waals surface area contributed by atoms with Crippen molar-refractivity contribution in [3.63, 3.8) is 0 Å². The number of sulfonamides is 1. The smallest absolute Gasteiger partial charge is 0.321 e. The van der Waals surface area contributed by atoms with Gasteiger partial charge in [0.05, 0.1) is 19.1 Å². The molecule has 1 aromatic rings. The van der Waals surface area contributed by atoms with Gasteiger partial charge in [-0.2, -0.15) is 4.72 Å². The third-order valence-corrected chi connectivity index (χ3v) is 4.58. The molecule has 0 fully saturated rings. The third-order valence-electron chi connectivity index (χ3n) is 3.18. The summed E-state index contributed by atoms with van der Waals surface area (Å²) in [5, 5.41) is 2.59. The fraction of sp³-hybridized carbons (Fsp3) is 0.500. The summed E-state index contributed by atoms with van der Waals surface area (Å²) >= 11 is 0. The van der Waals surface area contributed by atoms with Crippen LogP contribution < -0.4 is 19.5 Å². The summed E-state index contributed by atoms with van der Waals surface area (Å²) < 4.78 is 41.7. The number of carbonyl (C=O) groups excluding carboxylic acids is 2. The quantitative estimate of drug-likeness (QED) is 0.589. The maximum atomic E-state index is 12.3. The highest BCUT2D eigenvalue weighted by atomic mass is 32.2. The fourth-order valence-corrected chi connectivity index (χ4v) is 2.90. The number of rotatable bonds is 9. The molecular formula is C16H24N2O7S. The van der Waals surface area contributed by atoms with Crippen molar-refractivity contribution in [3.8, 4) is 11.5 Å². The van der Waals surface area contributed by atoms with Crippen LogP contribution in [0.5, 0.6) is 11.5 Å². The molecule has 0 saturated heterocycles. The lowest BCUT2D eigenvalue weighted by Gasteiger charge is -2.15. The molecule has 0 spiro atoms. The average Bonchev–Trinajstić information content (AvgIpc) is 2.58. The van der Waals surface area contributed by atoms with E-state index in [1.807, 2.05) is 0 Å². The van der Waals surface area contributed by atoms with Crippen LogP contribution in [0, 0.1) is 0 Å². The molecule has 1 aromatic carbocycles. The molecule has 10 heteroatoms. The Balaban J connectivity index is 2.71. The Kier molecular flexibility index (Phi) is 7.84. The van der Waals surface area contributed by atoms with E-state index in [-0.39, 0.29) is 16.7 Å². The van der Waals surface area contributed by atoms with Gasteiger partial charge >= 0.3 is 5.97 Å². The predicted molar refractivity (Wildman–Crippen MR) is 93.6 cm³/mol. The number of carbonyl (C=O) groups is 2. The molecule has 146 valence electrons. The van der Waals surface area contributed by atoms with Crippen LogP contribution in [-0.4, -0.2) is 53.2 Å². The van der Waals surface area contributed by atoms with Gasteiger partial charge in [0.15, 0.2) is 17.6 Å². The molecule has 1 rings (SSSR count). The van der Waals surface area contributed by atoms with E-state index >= 15 is 0 Å². The second-order valence-corrected chi connectivity index (χ2v) is 7.40. The number of hydrogen-bond acceptors (Lipinski definition) is 7. The summed E-state index contributed by atoms with van der Waals surface area (Å²) in [5.41, 5.74) is 0. The Morgan fingerprint density at radius 1 is 1.08 bits per heavy atom. The van der Waals surface area contributed by atoms with Gasteiger partial charge in [-0.05, 0) is 32.9 Å². The van der Waals surface area contributed by atoms with Crippen LogP contribution in [0.2, 0.25) is 0 Å². The Labute approximate surface area is 153 Å². The highest BCUT2D eigenvalue weighted by Crippen LogP contribution is 2.29. The van der Waals surface area contributed by atoms with Crippen molar-refractivity contribution < 1.29 is 32.2 Å². The molecule has 0 aliphatic carbocycles. The first kappa shape index (κ1) is 21.7. The van der Waals surface area contributed by atoms with Crippen LogP contribution in [0.1, 0.15) is 20.8 Å². The van der Waals surface area contributed by atoms with Gasteiger partial charge in [-0.15, -0.1) is 0 Å². The van der Waals surface area contributed by atoms with Crippen molar-refractivity contribution in [1.29, 1.82) is 0 Å². The molecule has 9 nitrogen and oxygen atoms in total. The van der Waals surface area contributed by atoms with Crippen LogP contribution in [0.4, 0.5) is 0 Å². The second-order valence-electron chi connectivity index (χ2n) is 5.64. The largest absolute Gasteiger partial charge is 0.493 e. The Hall–Kier alpha value is -2.33. The molecule has 1 atom stereocenters. The first-order valence-corrected chi connectivity index (χ1v) is 9.30. The molecule has 0 bridgehead atoms. The molecule has 0 saturated carbocycles. The van der Waals surface area contributed by atoms with E-state index in [1.54, 1.807) is 13.8 Å². The lowest BCUT2D eigenvalue weighted by Crippen LogP contribution is -2.41. The molecule has 1 amide bonds. The number of amides is 1. The normalized spacial score (nSPS) is 12.4. The van der Waals surface area contributed by atoms with Gasteiger partial charge in [-0.3, -0.25) is 9.59 Å². The number of benzene rings is 1. The van der Waals surface area contributed by atoms with Gasteiger partial charge in [-0.1, -0.05) is 0 Å². The first-order chi connectivity index (χ1) is 12.1. The van der Waals surface area contributed by atoms with Crippen molar-refractivity contribution >= 4 is 21.9 Å². The minimum Gasteiger partial charge on any atom is -0.493 e. The van der Waals surface area contributed by atoms with Crippen molar-refractivity contribution in [1.82, 2.24) is 10.0 Å². The molecule has 0 aromatic heterocycles. The van der Waals surface area contributed by atoms with Crippen LogP contribution >= 0.6 is 0 Å². The van der Waals surface area contributed by atoms with Crippen molar-refractivity contribution in [2.75, 3.05) is 20.8 Å². The van der Waals surface area contributed by atoms with Crippen molar-refractivity contribution in [2.45, 2.75) is 37.8 Å². The van der Waals surface area contributed by atoms with Crippen molar-refractivity contribution in [2.24, 2.45) is 0 Å². The number of hydrogen-bond donors (Lipinski definition) is 2. The average molecular weight is 388 g/mol. The van der Waals surface area contributed by atoms with E-state index in [4.69, 9.17) is 14.2 Å².